The van der Waals surface area contributed by atoms with Gasteiger partial charge >= 0.3 is 0 Å². The molecule has 4 N–H and O–H groups in total. The number of rotatable bonds is 9. The van der Waals surface area contributed by atoms with E-state index >= 15 is 0 Å². The number of ether oxygens (including phenoxy) is 1. The van der Waals surface area contributed by atoms with Crippen molar-refractivity contribution in [2.45, 2.75) is 12.5 Å². The van der Waals surface area contributed by atoms with E-state index < -0.39 is 0 Å². The average molecular weight is 363 g/mol. The van der Waals surface area contributed by atoms with Crippen molar-refractivity contribution in [3.8, 4) is 5.75 Å². The Labute approximate surface area is 159 Å². The number of hydrogen-bond acceptors (Lipinski definition) is 6. The Morgan fingerprint density at radius 1 is 1.00 bits per heavy atom. The van der Waals surface area contributed by atoms with Crippen LogP contribution in [0.4, 0.5) is 11.4 Å². The minimum absolute atomic E-state index is 0.0937. The number of methoxy groups -OCH3 is 1. The van der Waals surface area contributed by atoms with E-state index in [0.717, 1.165) is 42.3 Å². The van der Waals surface area contributed by atoms with Crippen molar-refractivity contribution >= 4 is 11.4 Å². The van der Waals surface area contributed by atoms with Gasteiger partial charge in [-0.3, -0.25) is 9.97 Å². The van der Waals surface area contributed by atoms with Crippen LogP contribution in [0.5, 0.6) is 5.75 Å². The summed E-state index contributed by atoms with van der Waals surface area (Å²) in [7, 11) is 1.64. The van der Waals surface area contributed by atoms with Crippen molar-refractivity contribution in [3.63, 3.8) is 0 Å². The van der Waals surface area contributed by atoms with Gasteiger partial charge in [-0.25, -0.2) is 0 Å². The molecule has 6 nitrogen and oxygen atoms in total. The molecule has 3 aromatic rings. The van der Waals surface area contributed by atoms with Crippen molar-refractivity contribution < 1.29 is 4.74 Å². The first-order valence-corrected chi connectivity index (χ1v) is 8.98. The van der Waals surface area contributed by atoms with Crippen molar-refractivity contribution in [3.05, 3.63) is 78.4 Å². The van der Waals surface area contributed by atoms with E-state index in [9.17, 15) is 0 Å². The van der Waals surface area contributed by atoms with Crippen LogP contribution in [-0.4, -0.2) is 30.2 Å². The van der Waals surface area contributed by atoms with E-state index in [2.05, 4.69) is 20.6 Å². The average Bonchev–Trinajstić information content (AvgIpc) is 2.72. The summed E-state index contributed by atoms with van der Waals surface area (Å²) in [5.74, 6) is 0.741. The Balaban J connectivity index is 1.60. The summed E-state index contributed by atoms with van der Waals surface area (Å²) in [4.78, 5) is 8.94. The van der Waals surface area contributed by atoms with Gasteiger partial charge in [-0.15, -0.1) is 0 Å². The molecule has 0 spiro atoms. The first-order valence-electron chi connectivity index (χ1n) is 8.98. The fraction of sp³-hybridized carbons (Fsp3) is 0.238. The minimum atomic E-state index is 0.0937. The van der Waals surface area contributed by atoms with Gasteiger partial charge in [0.1, 0.15) is 5.75 Å². The van der Waals surface area contributed by atoms with Gasteiger partial charge in [0.25, 0.3) is 0 Å². The Morgan fingerprint density at radius 2 is 1.81 bits per heavy atom. The molecule has 6 heteroatoms. The fourth-order valence-corrected chi connectivity index (χ4v) is 2.89. The summed E-state index contributed by atoms with van der Waals surface area (Å²) in [6, 6.07) is 17.6. The lowest BCUT2D eigenvalue weighted by Crippen LogP contribution is -2.29. The molecule has 2 heterocycles. The lowest BCUT2D eigenvalue weighted by atomic mass is 10.1. The summed E-state index contributed by atoms with van der Waals surface area (Å²) >= 11 is 0. The number of pyridine rings is 2. The third-order valence-electron chi connectivity index (χ3n) is 4.24. The highest BCUT2D eigenvalue weighted by atomic mass is 16.5. The summed E-state index contributed by atoms with van der Waals surface area (Å²) in [6.07, 6.45) is 4.42. The van der Waals surface area contributed by atoms with Crippen LogP contribution in [0.15, 0.2) is 67.0 Å². The van der Waals surface area contributed by atoms with Gasteiger partial charge in [0.2, 0.25) is 0 Å². The van der Waals surface area contributed by atoms with Gasteiger partial charge in [-0.2, -0.15) is 0 Å². The van der Waals surface area contributed by atoms with Crippen molar-refractivity contribution in [2.75, 3.05) is 31.2 Å². The molecule has 0 radical (unpaired) electrons. The number of hydrogen-bond donors (Lipinski definition) is 3. The van der Waals surface area contributed by atoms with Gasteiger partial charge < -0.3 is 21.1 Å². The normalized spacial score (nSPS) is 11.7. The molecule has 0 bridgehead atoms. The Bertz CT molecular complexity index is 826. The molecule has 2 aromatic heterocycles. The highest BCUT2D eigenvalue weighted by molar-refractivity contribution is 5.62. The third-order valence-corrected chi connectivity index (χ3v) is 4.24. The lowest BCUT2D eigenvalue weighted by molar-refractivity contribution is 0.416. The standard InChI is InChI=1S/C21H25N5O/c1-27-21-14-16(22)8-9-19(21)25-12-13-26-20(18-7-3-5-11-24-18)15-17-6-2-4-10-23-17/h2-11,14,20,25-26H,12-13,15,22H2,1H3. The largest absolute Gasteiger partial charge is 0.495 e. The number of nitrogens with two attached hydrogens (primary N) is 1. The van der Waals surface area contributed by atoms with Gasteiger partial charge in [0, 0.05) is 49.4 Å². The molecule has 1 atom stereocenters. The lowest BCUT2D eigenvalue weighted by Gasteiger charge is -2.19. The van der Waals surface area contributed by atoms with E-state index in [0.29, 0.717) is 5.69 Å². The number of anilines is 2. The number of nitrogens with zero attached hydrogens (tertiary/aromatic N) is 2. The summed E-state index contributed by atoms with van der Waals surface area (Å²) in [5, 5.41) is 6.96. The maximum absolute atomic E-state index is 5.80. The van der Waals surface area contributed by atoms with E-state index in [4.69, 9.17) is 10.5 Å². The summed E-state index contributed by atoms with van der Waals surface area (Å²) in [6.45, 7) is 1.51. The first kappa shape index (κ1) is 18.7. The van der Waals surface area contributed by atoms with Crippen LogP contribution in [-0.2, 0) is 6.42 Å². The molecule has 0 saturated heterocycles. The molecule has 0 saturated carbocycles. The zero-order valence-electron chi connectivity index (χ0n) is 15.4. The summed E-state index contributed by atoms with van der Waals surface area (Å²) in [5.41, 5.74) is 9.45. The van der Waals surface area contributed by atoms with Crippen LogP contribution < -0.4 is 21.1 Å². The van der Waals surface area contributed by atoms with E-state index in [1.54, 1.807) is 7.11 Å². The Morgan fingerprint density at radius 3 is 2.52 bits per heavy atom. The van der Waals surface area contributed by atoms with E-state index in [1.165, 1.54) is 0 Å². The first-order chi connectivity index (χ1) is 13.3. The van der Waals surface area contributed by atoms with Crippen LogP contribution in [0.1, 0.15) is 17.4 Å². The molecule has 3 rings (SSSR count). The second kappa shape index (κ2) is 9.54. The smallest absolute Gasteiger partial charge is 0.143 e. The van der Waals surface area contributed by atoms with Crippen LogP contribution in [0.2, 0.25) is 0 Å². The van der Waals surface area contributed by atoms with Gasteiger partial charge in [0.15, 0.2) is 0 Å². The second-order valence-electron chi connectivity index (χ2n) is 6.17. The Hall–Kier alpha value is -3.12. The van der Waals surface area contributed by atoms with Crippen molar-refractivity contribution in [2.24, 2.45) is 0 Å². The maximum Gasteiger partial charge on any atom is 0.143 e. The summed E-state index contributed by atoms with van der Waals surface area (Å²) < 4.78 is 5.37. The number of nitrogens with one attached hydrogen (secondary N) is 2. The van der Waals surface area contributed by atoms with Crippen LogP contribution in [0.3, 0.4) is 0 Å². The monoisotopic (exact) mass is 363 g/mol. The molecule has 27 heavy (non-hydrogen) atoms. The predicted molar refractivity (Wildman–Crippen MR) is 109 cm³/mol. The Kier molecular flexibility index (Phi) is 6.60. The van der Waals surface area contributed by atoms with Gasteiger partial charge in [-0.05, 0) is 36.4 Å². The molecule has 0 aliphatic rings. The van der Waals surface area contributed by atoms with E-state index in [1.807, 2.05) is 67.0 Å². The van der Waals surface area contributed by atoms with Gasteiger partial charge in [-0.1, -0.05) is 12.1 Å². The number of benzene rings is 1. The second-order valence-corrected chi connectivity index (χ2v) is 6.17. The zero-order chi connectivity index (χ0) is 18.9. The zero-order valence-corrected chi connectivity index (χ0v) is 15.4. The SMILES string of the molecule is COc1cc(N)ccc1NCCNC(Cc1ccccn1)c1ccccn1. The molecule has 0 aliphatic heterocycles. The molecule has 0 amide bonds. The minimum Gasteiger partial charge on any atom is -0.495 e. The maximum atomic E-state index is 5.80. The van der Waals surface area contributed by atoms with E-state index in [-0.39, 0.29) is 6.04 Å². The number of aromatic nitrogens is 2. The number of nitrogen functional groups attached to an aromatic ring is 1. The predicted octanol–water partition coefficient (Wildman–Crippen LogP) is 3.05. The molecule has 1 unspecified atom stereocenters. The topological polar surface area (TPSA) is 85.1 Å². The van der Waals surface area contributed by atoms with Crippen LogP contribution in [0, 0.1) is 0 Å². The van der Waals surface area contributed by atoms with Crippen LogP contribution >= 0.6 is 0 Å². The molecule has 0 fully saturated rings. The molecule has 140 valence electrons. The molecule has 1 aromatic carbocycles. The van der Waals surface area contributed by atoms with Crippen molar-refractivity contribution in [1.82, 2.24) is 15.3 Å². The highest BCUT2D eigenvalue weighted by Gasteiger charge is 2.13. The van der Waals surface area contributed by atoms with Crippen LogP contribution in [0.25, 0.3) is 0 Å². The quantitative estimate of drug-likeness (QED) is 0.400. The van der Waals surface area contributed by atoms with Crippen molar-refractivity contribution in [1.29, 1.82) is 0 Å². The van der Waals surface area contributed by atoms with Gasteiger partial charge in [0.05, 0.1) is 24.5 Å². The highest BCUT2D eigenvalue weighted by Crippen LogP contribution is 2.26. The molecule has 0 aliphatic carbocycles. The third kappa shape index (κ3) is 5.43. The fourth-order valence-electron chi connectivity index (χ4n) is 2.89. The molecular weight excluding hydrogens is 338 g/mol. The molecular formula is C21H25N5O.